The standard InChI is InChI=1S/C21H37NO3/c1-3-5-6-7-8-9-10-11-12-13-15-18(14-4-2)19-16-20(24)22(17-23)21(19)25/h15,19,23H,3-14,16-17H2,1-2H3. The summed E-state index contributed by atoms with van der Waals surface area (Å²) in [5, 5.41) is 9.17. The van der Waals surface area contributed by atoms with E-state index < -0.39 is 6.73 Å². The zero-order valence-electron chi connectivity index (χ0n) is 16.3. The van der Waals surface area contributed by atoms with Crippen molar-refractivity contribution in [2.24, 2.45) is 5.92 Å². The number of unbranched alkanes of at least 4 members (excludes halogenated alkanes) is 9. The van der Waals surface area contributed by atoms with Gasteiger partial charge in [0.1, 0.15) is 6.73 Å². The topological polar surface area (TPSA) is 57.6 Å². The van der Waals surface area contributed by atoms with Gasteiger partial charge in [-0.2, -0.15) is 0 Å². The molecule has 0 aromatic carbocycles. The molecule has 1 unspecified atom stereocenters. The van der Waals surface area contributed by atoms with E-state index >= 15 is 0 Å². The fourth-order valence-corrected chi connectivity index (χ4v) is 3.57. The number of nitrogens with zero attached hydrogens (tertiary/aromatic N) is 1. The van der Waals surface area contributed by atoms with E-state index in [9.17, 15) is 9.59 Å². The quantitative estimate of drug-likeness (QED) is 0.273. The molecule has 0 aliphatic carbocycles. The lowest BCUT2D eigenvalue weighted by Crippen LogP contribution is -2.31. The molecule has 144 valence electrons. The molecule has 1 aliphatic rings. The molecule has 1 fully saturated rings. The second kappa shape index (κ2) is 13.1. The predicted molar refractivity (Wildman–Crippen MR) is 102 cm³/mol. The van der Waals surface area contributed by atoms with Crippen LogP contribution in [0, 0.1) is 5.92 Å². The molecule has 1 heterocycles. The van der Waals surface area contributed by atoms with Gasteiger partial charge in [-0.05, 0) is 19.3 Å². The van der Waals surface area contributed by atoms with Gasteiger partial charge in [0.25, 0.3) is 0 Å². The Labute approximate surface area is 153 Å². The zero-order chi connectivity index (χ0) is 18.5. The number of carbonyl (C=O) groups excluding carboxylic acids is 2. The van der Waals surface area contributed by atoms with E-state index in [1.807, 2.05) is 0 Å². The predicted octanol–water partition coefficient (Wildman–Crippen LogP) is 4.96. The van der Waals surface area contributed by atoms with Gasteiger partial charge in [-0.15, -0.1) is 0 Å². The molecule has 1 atom stereocenters. The van der Waals surface area contributed by atoms with Crippen molar-refractivity contribution in [1.29, 1.82) is 0 Å². The molecule has 0 saturated carbocycles. The van der Waals surface area contributed by atoms with E-state index in [2.05, 4.69) is 19.9 Å². The number of likely N-dealkylation sites (tertiary alicyclic amines) is 1. The highest BCUT2D eigenvalue weighted by atomic mass is 16.3. The monoisotopic (exact) mass is 351 g/mol. The van der Waals surface area contributed by atoms with Crippen molar-refractivity contribution >= 4 is 11.8 Å². The smallest absolute Gasteiger partial charge is 0.238 e. The van der Waals surface area contributed by atoms with Crippen LogP contribution in [0.15, 0.2) is 11.6 Å². The van der Waals surface area contributed by atoms with Crippen molar-refractivity contribution in [2.45, 2.75) is 97.3 Å². The summed E-state index contributed by atoms with van der Waals surface area (Å²) in [6.45, 7) is 3.85. The summed E-state index contributed by atoms with van der Waals surface area (Å²) >= 11 is 0. The van der Waals surface area contributed by atoms with Crippen LogP contribution in [0.25, 0.3) is 0 Å². The lowest BCUT2D eigenvalue weighted by molar-refractivity contribution is -0.143. The average Bonchev–Trinajstić information content (AvgIpc) is 2.89. The molecule has 0 spiro atoms. The molecular weight excluding hydrogens is 314 g/mol. The van der Waals surface area contributed by atoms with Gasteiger partial charge >= 0.3 is 0 Å². The fourth-order valence-electron chi connectivity index (χ4n) is 3.57. The number of allylic oxidation sites excluding steroid dienone is 1. The van der Waals surface area contributed by atoms with Crippen molar-refractivity contribution in [3.8, 4) is 0 Å². The van der Waals surface area contributed by atoms with Gasteiger partial charge in [-0.1, -0.05) is 83.3 Å². The van der Waals surface area contributed by atoms with Crippen LogP contribution in [-0.4, -0.2) is 28.6 Å². The van der Waals surface area contributed by atoms with Crippen molar-refractivity contribution in [3.05, 3.63) is 11.6 Å². The number of carbonyl (C=O) groups is 2. The van der Waals surface area contributed by atoms with Gasteiger partial charge in [0, 0.05) is 6.42 Å². The first kappa shape index (κ1) is 21.9. The normalized spacial score (nSPS) is 18.4. The summed E-state index contributed by atoms with van der Waals surface area (Å²) in [5.74, 6) is -0.806. The molecule has 0 aromatic rings. The van der Waals surface area contributed by atoms with Crippen molar-refractivity contribution in [2.75, 3.05) is 6.73 Å². The van der Waals surface area contributed by atoms with E-state index in [0.717, 1.165) is 36.2 Å². The Morgan fingerprint density at radius 3 is 2.12 bits per heavy atom. The van der Waals surface area contributed by atoms with Crippen LogP contribution < -0.4 is 0 Å². The van der Waals surface area contributed by atoms with Crippen LogP contribution in [0.4, 0.5) is 0 Å². The summed E-state index contributed by atoms with van der Waals surface area (Å²) < 4.78 is 0. The minimum absolute atomic E-state index is 0.223. The molecule has 1 rings (SSSR count). The fraction of sp³-hybridized carbons (Fsp3) is 0.810. The number of hydrogen-bond donors (Lipinski definition) is 1. The number of aliphatic hydroxyl groups is 1. The first-order valence-electron chi connectivity index (χ1n) is 10.3. The Balaban J connectivity index is 2.30. The van der Waals surface area contributed by atoms with Gasteiger partial charge < -0.3 is 5.11 Å². The maximum absolute atomic E-state index is 12.2. The van der Waals surface area contributed by atoms with Crippen molar-refractivity contribution < 1.29 is 14.7 Å². The average molecular weight is 352 g/mol. The second-order valence-corrected chi connectivity index (χ2v) is 7.20. The van der Waals surface area contributed by atoms with Gasteiger partial charge in [0.15, 0.2) is 0 Å². The highest BCUT2D eigenvalue weighted by Gasteiger charge is 2.39. The first-order valence-corrected chi connectivity index (χ1v) is 10.3. The Morgan fingerprint density at radius 1 is 1.00 bits per heavy atom. The van der Waals surface area contributed by atoms with Crippen LogP contribution in [0.2, 0.25) is 0 Å². The molecule has 2 amide bonds. The lowest BCUT2D eigenvalue weighted by Gasteiger charge is -2.14. The molecular formula is C21H37NO3. The maximum Gasteiger partial charge on any atom is 0.238 e. The third-order valence-corrected chi connectivity index (χ3v) is 5.09. The largest absolute Gasteiger partial charge is 0.376 e. The maximum atomic E-state index is 12.2. The van der Waals surface area contributed by atoms with Crippen LogP contribution in [-0.2, 0) is 9.59 Å². The third-order valence-electron chi connectivity index (χ3n) is 5.09. The zero-order valence-corrected chi connectivity index (χ0v) is 16.3. The van der Waals surface area contributed by atoms with Crippen LogP contribution >= 0.6 is 0 Å². The number of imide groups is 1. The Hall–Kier alpha value is -1.16. The number of rotatable bonds is 14. The minimum atomic E-state index is -0.494. The number of hydrogen-bond acceptors (Lipinski definition) is 3. The molecule has 0 radical (unpaired) electrons. The molecule has 1 N–H and O–H groups in total. The summed E-state index contributed by atoms with van der Waals surface area (Å²) in [6.07, 6.45) is 17.0. The Morgan fingerprint density at radius 2 is 1.60 bits per heavy atom. The highest BCUT2D eigenvalue weighted by Crippen LogP contribution is 2.29. The highest BCUT2D eigenvalue weighted by molar-refractivity contribution is 6.04. The molecule has 0 aromatic heterocycles. The first-order chi connectivity index (χ1) is 12.2. The van der Waals surface area contributed by atoms with Gasteiger partial charge in [-0.3, -0.25) is 14.5 Å². The van der Waals surface area contributed by atoms with Crippen LogP contribution in [0.1, 0.15) is 97.3 Å². The third kappa shape index (κ3) is 7.72. The van der Waals surface area contributed by atoms with E-state index in [-0.39, 0.29) is 24.2 Å². The lowest BCUT2D eigenvalue weighted by atomic mass is 9.92. The molecule has 4 nitrogen and oxygen atoms in total. The van der Waals surface area contributed by atoms with Crippen molar-refractivity contribution in [1.82, 2.24) is 4.90 Å². The summed E-state index contributed by atoms with van der Waals surface area (Å²) in [4.78, 5) is 25.0. The van der Waals surface area contributed by atoms with Gasteiger partial charge in [0.05, 0.1) is 5.92 Å². The van der Waals surface area contributed by atoms with Gasteiger partial charge in [-0.25, -0.2) is 0 Å². The molecule has 0 bridgehead atoms. The van der Waals surface area contributed by atoms with E-state index in [0.29, 0.717) is 0 Å². The second-order valence-electron chi connectivity index (χ2n) is 7.20. The Bertz CT molecular complexity index is 431. The van der Waals surface area contributed by atoms with E-state index in [4.69, 9.17) is 5.11 Å². The van der Waals surface area contributed by atoms with Gasteiger partial charge in [0.2, 0.25) is 11.8 Å². The number of aliphatic hydroxyl groups excluding tert-OH is 1. The molecule has 4 heteroatoms. The van der Waals surface area contributed by atoms with E-state index in [1.54, 1.807) is 0 Å². The van der Waals surface area contributed by atoms with Crippen LogP contribution in [0.3, 0.4) is 0 Å². The van der Waals surface area contributed by atoms with Crippen molar-refractivity contribution in [3.63, 3.8) is 0 Å². The summed E-state index contributed by atoms with van der Waals surface area (Å²) in [7, 11) is 0. The number of amides is 2. The summed E-state index contributed by atoms with van der Waals surface area (Å²) in [5.41, 5.74) is 1.09. The minimum Gasteiger partial charge on any atom is -0.376 e. The van der Waals surface area contributed by atoms with Crippen LogP contribution in [0.5, 0.6) is 0 Å². The summed E-state index contributed by atoms with van der Waals surface area (Å²) in [6, 6.07) is 0. The molecule has 1 aliphatic heterocycles. The van der Waals surface area contributed by atoms with E-state index in [1.165, 1.54) is 51.4 Å². The molecule has 25 heavy (non-hydrogen) atoms. The molecule has 1 saturated heterocycles. The Kier molecular flexibility index (Phi) is 11.5. The SMILES string of the molecule is CCCCCCCCCCCC=C(CCC)C1CC(=O)N(CO)C1=O.